The Morgan fingerprint density at radius 2 is 1.61 bits per heavy atom. The first-order chi connectivity index (χ1) is 13.1. The first-order valence-corrected chi connectivity index (χ1v) is 9.54. The van der Waals surface area contributed by atoms with Gasteiger partial charge in [0.05, 0.1) is 5.60 Å². The van der Waals surface area contributed by atoms with E-state index in [2.05, 4.69) is 31.3 Å². The van der Waals surface area contributed by atoms with E-state index >= 15 is 0 Å². The molecule has 0 unspecified atom stereocenters. The number of amides is 1. The second kappa shape index (κ2) is 9.37. The molecule has 0 heterocycles. The highest BCUT2D eigenvalue weighted by molar-refractivity contribution is 6.58. The lowest BCUT2D eigenvalue weighted by atomic mass is 9.80. The standard InChI is InChI=1S/C22H30BNO4/c1-21(2,24-20(25)18-10-12-19(13-11-18)23(26)27)14-15-28-22(3,4)16-17-8-6-5-7-9-17/h5-13,26-27H,14-16H2,1-4H3,(H,24,25). The van der Waals surface area contributed by atoms with Crippen LogP contribution in [0.4, 0.5) is 0 Å². The van der Waals surface area contributed by atoms with E-state index in [1.807, 2.05) is 32.0 Å². The van der Waals surface area contributed by atoms with Crippen LogP contribution in [0.15, 0.2) is 54.6 Å². The Labute approximate surface area is 167 Å². The number of ether oxygens (including phenoxy) is 1. The fourth-order valence-corrected chi connectivity index (χ4v) is 2.97. The average Bonchev–Trinajstić information content (AvgIpc) is 2.61. The van der Waals surface area contributed by atoms with Gasteiger partial charge < -0.3 is 20.1 Å². The second-order valence-electron chi connectivity index (χ2n) is 8.35. The minimum atomic E-state index is -1.54. The van der Waals surface area contributed by atoms with E-state index in [0.717, 1.165) is 6.42 Å². The van der Waals surface area contributed by atoms with Gasteiger partial charge in [-0.15, -0.1) is 0 Å². The van der Waals surface area contributed by atoms with Crippen LogP contribution in [-0.4, -0.2) is 40.8 Å². The monoisotopic (exact) mass is 383 g/mol. The molecule has 1 amide bonds. The first-order valence-electron chi connectivity index (χ1n) is 9.54. The van der Waals surface area contributed by atoms with Crippen LogP contribution >= 0.6 is 0 Å². The van der Waals surface area contributed by atoms with Crippen LogP contribution < -0.4 is 10.8 Å². The van der Waals surface area contributed by atoms with Crippen LogP contribution in [-0.2, 0) is 11.2 Å². The Morgan fingerprint density at radius 1 is 1.00 bits per heavy atom. The van der Waals surface area contributed by atoms with Crippen molar-refractivity contribution in [1.82, 2.24) is 5.32 Å². The molecule has 3 N–H and O–H groups in total. The summed E-state index contributed by atoms with van der Waals surface area (Å²) in [6.45, 7) is 8.60. The summed E-state index contributed by atoms with van der Waals surface area (Å²) in [7, 11) is -1.54. The molecule has 5 nitrogen and oxygen atoms in total. The molecule has 0 saturated carbocycles. The Hall–Kier alpha value is -2.15. The summed E-state index contributed by atoms with van der Waals surface area (Å²) in [6.07, 6.45) is 1.49. The molecule has 0 aliphatic heterocycles. The molecule has 0 atom stereocenters. The van der Waals surface area contributed by atoms with Crippen molar-refractivity contribution in [1.29, 1.82) is 0 Å². The lowest BCUT2D eigenvalue weighted by Gasteiger charge is -2.30. The molecular weight excluding hydrogens is 353 g/mol. The molecule has 28 heavy (non-hydrogen) atoms. The normalized spacial score (nSPS) is 11.9. The van der Waals surface area contributed by atoms with Gasteiger partial charge in [0.15, 0.2) is 0 Å². The number of hydrogen-bond donors (Lipinski definition) is 3. The average molecular weight is 383 g/mol. The topological polar surface area (TPSA) is 78.8 Å². The number of hydrogen-bond acceptors (Lipinski definition) is 4. The largest absolute Gasteiger partial charge is 0.488 e. The van der Waals surface area contributed by atoms with Gasteiger partial charge in [0.25, 0.3) is 5.91 Å². The summed E-state index contributed by atoms with van der Waals surface area (Å²) in [4.78, 5) is 12.5. The van der Waals surface area contributed by atoms with Gasteiger partial charge >= 0.3 is 7.12 Å². The zero-order valence-corrected chi connectivity index (χ0v) is 17.1. The maximum atomic E-state index is 12.5. The molecule has 0 bridgehead atoms. The minimum Gasteiger partial charge on any atom is -0.423 e. The highest BCUT2D eigenvalue weighted by Gasteiger charge is 2.24. The molecular formula is C22H30BNO4. The van der Waals surface area contributed by atoms with Gasteiger partial charge in [-0.05, 0) is 57.3 Å². The Balaban J connectivity index is 1.84. The highest BCUT2D eigenvalue weighted by Crippen LogP contribution is 2.19. The first kappa shape index (κ1) is 22.1. The van der Waals surface area contributed by atoms with Crippen molar-refractivity contribution < 1.29 is 19.6 Å². The minimum absolute atomic E-state index is 0.201. The second-order valence-corrected chi connectivity index (χ2v) is 8.35. The molecule has 0 spiro atoms. The van der Waals surface area contributed by atoms with Gasteiger partial charge in [-0.1, -0.05) is 42.5 Å². The SMILES string of the molecule is CC(C)(CCOC(C)(C)Cc1ccccc1)NC(=O)c1ccc(B(O)O)cc1. The number of nitrogens with one attached hydrogen (secondary N) is 1. The number of rotatable bonds is 9. The Morgan fingerprint density at radius 3 is 2.18 bits per heavy atom. The summed E-state index contributed by atoms with van der Waals surface area (Å²) in [5.41, 5.74) is 1.33. The van der Waals surface area contributed by atoms with Crippen molar-refractivity contribution in [3.8, 4) is 0 Å². The lowest BCUT2D eigenvalue weighted by molar-refractivity contribution is -0.0243. The molecule has 0 aromatic heterocycles. The van der Waals surface area contributed by atoms with Gasteiger partial charge in [0, 0.05) is 24.1 Å². The molecule has 0 aliphatic carbocycles. The summed E-state index contributed by atoms with van der Waals surface area (Å²) < 4.78 is 6.09. The third-order valence-electron chi connectivity index (χ3n) is 4.62. The molecule has 0 radical (unpaired) electrons. The summed E-state index contributed by atoms with van der Waals surface area (Å²) in [5, 5.41) is 21.3. The van der Waals surface area contributed by atoms with E-state index in [0.29, 0.717) is 24.1 Å². The fourth-order valence-electron chi connectivity index (χ4n) is 2.97. The molecule has 0 fully saturated rings. The maximum Gasteiger partial charge on any atom is 0.488 e. The number of carbonyl (C=O) groups is 1. The molecule has 150 valence electrons. The summed E-state index contributed by atoms with van der Waals surface area (Å²) >= 11 is 0. The van der Waals surface area contributed by atoms with Gasteiger partial charge in [-0.2, -0.15) is 0 Å². The highest BCUT2D eigenvalue weighted by atomic mass is 16.5. The van der Waals surface area contributed by atoms with Gasteiger partial charge in [-0.3, -0.25) is 4.79 Å². The van der Waals surface area contributed by atoms with Crippen molar-refractivity contribution in [2.24, 2.45) is 0 Å². The van der Waals surface area contributed by atoms with E-state index in [1.165, 1.54) is 17.7 Å². The smallest absolute Gasteiger partial charge is 0.423 e. The third kappa shape index (κ3) is 7.11. The summed E-state index contributed by atoms with van der Waals surface area (Å²) in [6, 6.07) is 16.5. The Bertz CT molecular complexity index is 758. The predicted molar refractivity (Wildman–Crippen MR) is 113 cm³/mol. The van der Waals surface area contributed by atoms with Crippen molar-refractivity contribution in [3.05, 3.63) is 65.7 Å². The third-order valence-corrected chi connectivity index (χ3v) is 4.62. The van der Waals surface area contributed by atoms with Crippen molar-refractivity contribution in [2.45, 2.75) is 51.7 Å². The molecule has 2 rings (SSSR count). The van der Waals surface area contributed by atoms with Crippen molar-refractivity contribution >= 4 is 18.5 Å². The molecule has 6 heteroatoms. The lowest BCUT2D eigenvalue weighted by Crippen LogP contribution is -2.45. The van der Waals surface area contributed by atoms with Crippen molar-refractivity contribution in [3.63, 3.8) is 0 Å². The van der Waals surface area contributed by atoms with Crippen molar-refractivity contribution in [2.75, 3.05) is 6.61 Å². The van der Waals surface area contributed by atoms with Crippen LogP contribution in [0, 0.1) is 0 Å². The van der Waals surface area contributed by atoms with Gasteiger partial charge in [-0.25, -0.2) is 0 Å². The van der Waals surface area contributed by atoms with Crippen LogP contribution in [0.25, 0.3) is 0 Å². The van der Waals surface area contributed by atoms with E-state index in [4.69, 9.17) is 14.8 Å². The van der Waals surface area contributed by atoms with Crippen LogP contribution in [0.1, 0.15) is 50.0 Å². The van der Waals surface area contributed by atoms with E-state index < -0.39 is 12.7 Å². The zero-order valence-electron chi connectivity index (χ0n) is 17.1. The zero-order chi connectivity index (χ0) is 20.8. The maximum absolute atomic E-state index is 12.5. The van der Waals surface area contributed by atoms with E-state index in [9.17, 15) is 4.79 Å². The quantitative estimate of drug-likeness (QED) is 0.581. The fraction of sp³-hybridized carbons (Fsp3) is 0.409. The van der Waals surface area contributed by atoms with E-state index in [-0.39, 0.29) is 11.5 Å². The van der Waals surface area contributed by atoms with Crippen LogP contribution in [0.5, 0.6) is 0 Å². The molecule has 0 aliphatic rings. The molecule has 2 aromatic rings. The predicted octanol–water partition coefficient (Wildman–Crippen LogP) is 2.30. The van der Waals surface area contributed by atoms with Gasteiger partial charge in [0.1, 0.15) is 0 Å². The molecule has 2 aromatic carbocycles. The van der Waals surface area contributed by atoms with Crippen LogP contribution in [0.2, 0.25) is 0 Å². The Kier molecular flexibility index (Phi) is 7.41. The van der Waals surface area contributed by atoms with E-state index in [1.54, 1.807) is 12.1 Å². The number of carbonyl (C=O) groups excluding carboxylic acids is 1. The summed E-state index contributed by atoms with van der Waals surface area (Å²) in [5.74, 6) is -0.201. The molecule has 0 saturated heterocycles. The number of benzene rings is 2. The van der Waals surface area contributed by atoms with Crippen LogP contribution in [0.3, 0.4) is 0 Å². The van der Waals surface area contributed by atoms with Gasteiger partial charge in [0.2, 0.25) is 0 Å².